The van der Waals surface area contributed by atoms with E-state index in [1.54, 1.807) is 18.2 Å². The molecule has 0 aliphatic carbocycles. The maximum absolute atomic E-state index is 13.8. The van der Waals surface area contributed by atoms with Crippen LogP contribution in [0.5, 0.6) is 0 Å². The average Bonchev–Trinajstić information content (AvgIpc) is 2.68. The first-order chi connectivity index (χ1) is 12.4. The fourth-order valence-corrected chi connectivity index (χ4v) is 4.40. The minimum Gasteiger partial charge on any atom is -0.336 e. The van der Waals surface area contributed by atoms with E-state index in [2.05, 4.69) is 0 Å². The monoisotopic (exact) mass is 376 g/mol. The van der Waals surface area contributed by atoms with Gasteiger partial charge in [0.1, 0.15) is 5.82 Å². The summed E-state index contributed by atoms with van der Waals surface area (Å²) in [6, 6.07) is 12.7. The molecule has 2 aromatic rings. The highest BCUT2D eigenvalue weighted by molar-refractivity contribution is 7.89. The minimum atomic E-state index is -3.59. The van der Waals surface area contributed by atoms with Gasteiger partial charge >= 0.3 is 0 Å². The molecule has 1 amide bonds. The van der Waals surface area contributed by atoms with E-state index < -0.39 is 21.7 Å². The van der Waals surface area contributed by atoms with Gasteiger partial charge < -0.3 is 4.90 Å². The van der Waals surface area contributed by atoms with E-state index in [9.17, 15) is 17.6 Å². The SMILES string of the molecule is CCc1ccc(S(=O)(=O)N2CCN(C(=O)c3ccccc3F)CC2)cc1. The normalized spacial score (nSPS) is 15.8. The van der Waals surface area contributed by atoms with Crippen LogP contribution in [-0.2, 0) is 16.4 Å². The topological polar surface area (TPSA) is 57.7 Å². The fourth-order valence-electron chi connectivity index (χ4n) is 2.98. The summed E-state index contributed by atoms with van der Waals surface area (Å²) in [7, 11) is -3.59. The van der Waals surface area contributed by atoms with Gasteiger partial charge in [0.15, 0.2) is 0 Å². The Hall–Kier alpha value is -2.25. The number of hydrogen-bond donors (Lipinski definition) is 0. The Kier molecular flexibility index (Phi) is 5.38. The lowest BCUT2D eigenvalue weighted by atomic mass is 10.1. The third kappa shape index (κ3) is 3.64. The van der Waals surface area contributed by atoms with Crippen LogP contribution in [0, 0.1) is 5.82 Å². The first-order valence-electron chi connectivity index (χ1n) is 8.56. The van der Waals surface area contributed by atoms with Gasteiger partial charge in [-0.2, -0.15) is 4.31 Å². The van der Waals surface area contributed by atoms with E-state index in [0.29, 0.717) is 0 Å². The number of aryl methyl sites for hydroxylation is 1. The minimum absolute atomic E-state index is 0.0129. The number of benzene rings is 2. The Labute approximate surface area is 153 Å². The van der Waals surface area contributed by atoms with Crippen LogP contribution >= 0.6 is 0 Å². The second kappa shape index (κ2) is 7.55. The summed E-state index contributed by atoms with van der Waals surface area (Å²) in [5.41, 5.74) is 1.09. The molecule has 0 atom stereocenters. The molecule has 138 valence electrons. The number of amides is 1. The van der Waals surface area contributed by atoms with E-state index in [0.717, 1.165) is 12.0 Å². The van der Waals surface area contributed by atoms with Crippen LogP contribution in [0.3, 0.4) is 0 Å². The predicted molar refractivity (Wildman–Crippen MR) is 96.9 cm³/mol. The summed E-state index contributed by atoms with van der Waals surface area (Å²) in [6.45, 7) is 2.87. The molecule has 1 saturated heterocycles. The van der Waals surface area contributed by atoms with E-state index in [-0.39, 0.29) is 36.6 Å². The van der Waals surface area contributed by atoms with Crippen molar-refractivity contribution in [2.24, 2.45) is 0 Å². The molecular formula is C19H21FN2O3S. The molecule has 1 aliphatic heterocycles. The summed E-state index contributed by atoms with van der Waals surface area (Å²) >= 11 is 0. The van der Waals surface area contributed by atoms with Crippen molar-refractivity contribution in [3.8, 4) is 0 Å². The Morgan fingerprint density at radius 3 is 2.19 bits per heavy atom. The van der Waals surface area contributed by atoms with Crippen LogP contribution in [0.15, 0.2) is 53.4 Å². The van der Waals surface area contributed by atoms with Crippen molar-refractivity contribution in [3.63, 3.8) is 0 Å². The van der Waals surface area contributed by atoms with Crippen LogP contribution < -0.4 is 0 Å². The Morgan fingerprint density at radius 2 is 1.62 bits per heavy atom. The first-order valence-corrected chi connectivity index (χ1v) is 10.0. The molecule has 0 unspecified atom stereocenters. The third-order valence-corrected chi connectivity index (χ3v) is 6.51. The highest BCUT2D eigenvalue weighted by Gasteiger charge is 2.31. The summed E-state index contributed by atoms with van der Waals surface area (Å²) in [6.07, 6.45) is 0.844. The third-order valence-electron chi connectivity index (χ3n) is 4.60. The maximum Gasteiger partial charge on any atom is 0.256 e. The lowest BCUT2D eigenvalue weighted by Crippen LogP contribution is -2.50. The van der Waals surface area contributed by atoms with Crippen molar-refractivity contribution in [3.05, 3.63) is 65.5 Å². The molecular weight excluding hydrogens is 355 g/mol. The van der Waals surface area contributed by atoms with Gasteiger partial charge in [0.05, 0.1) is 10.5 Å². The van der Waals surface area contributed by atoms with E-state index >= 15 is 0 Å². The lowest BCUT2D eigenvalue weighted by Gasteiger charge is -2.34. The van der Waals surface area contributed by atoms with Crippen LogP contribution in [0.25, 0.3) is 0 Å². The highest BCUT2D eigenvalue weighted by Crippen LogP contribution is 2.20. The fraction of sp³-hybridized carbons (Fsp3) is 0.316. The average molecular weight is 376 g/mol. The molecule has 1 heterocycles. The molecule has 0 spiro atoms. The van der Waals surface area contributed by atoms with Crippen molar-refractivity contribution >= 4 is 15.9 Å². The van der Waals surface area contributed by atoms with E-state index in [1.807, 2.05) is 19.1 Å². The molecule has 0 aromatic heterocycles. The first kappa shape index (κ1) is 18.5. The number of rotatable bonds is 4. The van der Waals surface area contributed by atoms with Crippen LogP contribution in [0.2, 0.25) is 0 Å². The molecule has 3 rings (SSSR count). The second-order valence-corrected chi connectivity index (χ2v) is 8.11. The van der Waals surface area contributed by atoms with Crippen LogP contribution in [0.4, 0.5) is 4.39 Å². The van der Waals surface area contributed by atoms with Crippen molar-refractivity contribution < 1.29 is 17.6 Å². The highest BCUT2D eigenvalue weighted by atomic mass is 32.2. The molecule has 26 heavy (non-hydrogen) atoms. The van der Waals surface area contributed by atoms with Crippen LogP contribution in [-0.4, -0.2) is 49.7 Å². The number of sulfonamides is 1. The Bertz CT molecular complexity index is 889. The number of hydrogen-bond acceptors (Lipinski definition) is 3. The summed E-state index contributed by atoms with van der Waals surface area (Å²) in [5, 5.41) is 0. The summed E-state index contributed by atoms with van der Waals surface area (Å²) in [5.74, 6) is -0.976. The summed E-state index contributed by atoms with van der Waals surface area (Å²) in [4.78, 5) is 14.2. The zero-order valence-electron chi connectivity index (χ0n) is 14.6. The largest absolute Gasteiger partial charge is 0.336 e. The van der Waals surface area contributed by atoms with Crippen LogP contribution in [0.1, 0.15) is 22.8 Å². The van der Waals surface area contributed by atoms with Gasteiger partial charge in [-0.3, -0.25) is 4.79 Å². The van der Waals surface area contributed by atoms with Gasteiger partial charge in [-0.15, -0.1) is 0 Å². The zero-order valence-corrected chi connectivity index (χ0v) is 15.4. The molecule has 0 N–H and O–H groups in total. The van der Waals surface area contributed by atoms with Gasteiger partial charge in [-0.25, -0.2) is 12.8 Å². The van der Waals surface area contributed by atoms with Crippen molar-refractivity contribution in [1.82, 2.24) is 9.21 Å². The number of halogens is 1. The summed E-state index contributed by atoms with van der Waals surface area (Å²) < 4.78 is 40.7. The molecule has 0 saturated carbocycles. The molecule has 1 aliphatic rings. The van der Waals surface area contributed by atoms with Gasteiger partial charge in [0.25, 0.3) is 5.91 Å². The van der Waals surface area contributed by atoms with Crippen molar-refractivity contribution in [1.29, 1.82) is 0 Å². The smallest absolute Gasteiger partial charge is 0.256 e. The lowest BCUT2D eigenvalue weighted by molar-refractivity contribution is 0.0693. The predicted octanol–water partition coefficient (Wildman–Crippen LogP) is 2.53. The molecule has 5 nitrogen and oxygen atoms in total. The second-order valence-electron chi connectivity index (χ2n) is 6.17. The van der Waals surface area contributed by atoms with Crippen molar-refractivity contribution in [2.75, 3.05) is 26.2 Å². The molecule has 0 bridgehead atoms. The van der Waals surface area contributed by atoms with Gasteiger partial charge in [0.2, 0.25) is 10.0 Å². The number of nitrogens with zero attached hydrogens (tertiary/aromatic N) is 2. The quantitative estimate of drug-likeness (QED) is 0.824. The number of carbonyl (C=O) groups is 1. The maximum atomic E-state index is 13.8. The molecule has 0 radical (unpaired) electrons. The van der Waals surface area contributed by atoms with Gasteiger partial charge in [-0.1, -0.05) is 31.2 Å². The van der Waals surface area contributed by atoms with E-state index in [1.165, 1.54) is 27.4 Å². The Morgan fingerprint density at radius 1 is 1.00 bits per heavy atom. The van der Waals surface area contributed by atoms with Gasteiger partial charge in [0, 0.05) is 26.2 Å². The Balaban J connectivity index is 1.69. The molecule has 2 aromatic carbocycles. The van der Waals surface area contributed by atoms with Crippen molar-refractivity contribution in [2.45, 2.75) is 18.2 Å². The molecule has 7 heteroatoms. The zero-order chi connectivity index (χ0) is 18.7. The number of piperazine rings is 1. The van der Waals surface area contributed by atoms with Gasteiger partial charge in [-0.05, 0) is 36.2 Å². The molecule has 1 fully saturated rings. The number of carbonyl (C=O) groups excluding carboxylic acids is 1. The van der Waals surface area contributed by atoms with E-state index in [4.69, 9.17) is 0 Å². The standard InChI is InChI=1S/C19H21FN2O3S/c1-2-15-7-9-16(10-8-15)26(24,25)22-13-11-21(12-14-22)19(23)17-5-3-4-6-18(17)20/h3-10H,2,11-14H2,1H3.